The fourth-order valence-corrected chi connectivity index (χ4v) is 0.890. The summed E-state index contributed by atoms with van der Waals surface area (Å²) in [5, 5.41) is 8.40. The summed E-state index contributed by atoms with van der Waals surface area (Å²) in [6, 6.07) is 2.73. The number of nitriles is 1. The van der Waals surface area contributed by atoms with Gasteiger partial charge in [-0.3, -0.25) is 0 Å². The second-order valence-electron chi connectivity index (χ2n) is 2.31. The maximum atomic E-state index is 12.2. The Kier molecular flexibility index (Phi) is 2.28. The zero-order valence-corrected chi connectivity index (χ0v) is 6.46. The highest BCUT2D eigenvalue weighted by Crippen LogP contribution is 2.29. The standard InChI is InChI=1S/C7H6F2N4/c8-6(9)5-4(11)1-3(2-10)13-7(5)12/h1,6H,(H4,11,12,13). The van der Waals surface area contributed by atoms with E-state index >= 15 is 0 Å². The van der Waals surface area contributed by atoms with Crippen molar-refractivity contribution in [3.8, 4) is 6.07 Å². The molecule has 0 unspecified atom stereocenters. The Bertz CT molecular complexity index is 346. The Morgan fingerprint density at radius 3 is 2.46 bits per heavy atom. The SMILES string of the molecule is N#Cc1cc(N)c(C(F)F)c(N)n1. The molecule has 13 heavy (non-hydrogen) atoms. The van der Waals surface area contributed by atoms with Gasteiger partial charge in [0.2, 0.25) is 0 Å². The third-order valence-electron chi connectivity index (χ3n) is 1.45. The Morgan fingerprint density at radius 2 is 2.08 bits per heavy atom. The molecule has 68 valence electrons. The predicted molar refractivity (Wildman–Crippen MR) is 42.7 cm³/mol. The van der Waals surface area contributed by atoms with E-state index in [0.29, 0.717) is 0 Å². The number of hydrogen-bond donors (Lipinski definition) is 2. The van der Waals surface area contributed by atoms with Crippen LogP contribution in [-0.2, 0) is 0 Å². The number of rotatable bonds is 1. The van der Waals surface area contributed by atoms with Crippen molar-refractivity contribution in [2.24, 2.45) is 0 Å². The normalized spacial score (nSPS) is 10.0. The molecule has 0 aliphatic heterocycles. The van der Waals surface area contributed by atoms with Crippen LogP contribution >= 0.6 is 0 Å². The number of aromatic nitrogens is 1. The van der Waals surface area contributed by atoms with Crippen molar-refractivity contribution in [2.75, 3.05) is 11.5 Å². The largest absolute Gasteiger partial charge is 0.398 e. The zero-order chi connectivity index (χ0) is 10.0. The van der Waals surface area contributed by atoms with Crippen molar-refractivity contribution in [3.63, 3.8) is 0 Å². The van der Waals surface area contributed by atoms with Crippen LogP contribution in [0.1, 0.15) is 17.7 Å². The first-order valence-electron chi connectivity index (χ1n) is 3.30. The van der Waals surface area contributed by atoms with Gasteiger partial charge in [0.1, 0.15) is 17.6 Å². The van der Waals surface area contributed by atoms with Crippen molar-refractivity contribution in [1.29, 1.82) is 5.26 Å². The predicted octanol–water partition coefficient (Wildman–Crippen LogP) is 1.06. The number of nitrogens with two attached hydrogens (primary N) is 2. The van der Waals surface area contributed by atoms with E-state index in [1.54, 1.807) is 6.07 Å². The minimum Gasteiger partial charge on any atom is -0.398 e. The van der Waals surface area contributed by atoms with E-state index < -0.39 is 17.8 Å². The summed E-state index contributed by atoms with van der Waals surface area (Å²) in [5.74, 6) is -0.397. The van der Waals surface area contributed by atoms with Crippen molar-refractivity contribution in [3.05, 3.63) is 17.3 Å². The van der Waals surface area contributed by atoms with Gasteiger partial charge in [-0.1, -0.05) is 0 Å². The topological polar surface area (TPSA) is 88.7 Å². The lowest BCUT2D eigenvalue weighted by Crippen LogP contribution is -2.04. The quantitative estimate of drug-likeness (QED) is 0.682. The molecule has 4 nitrogen and oxygen atoms in total. The van der Waals surface area contributed by atoms with Crippen molar-refractivity contribution >= 4 is 11.5 Å². The van der Waals surface area contributed by atoms with Gasteiger partial charge in [0, 0.05) is 5.69 Å². The van der Waals surface area contributed by atoms with Gasteiger partial charge in [-0.05, 0) is 6.07 Å². The Balaban J connectivity index is 3.33. The average Bonchev–Trinajstić information content (AvgIpc) is 2.02. The van der Waals surface area contributed by atoms with E-state index in [2.05, 4.69) is 4.98 Å². The highest BCUT2D eigenvalue weighted by molar-refractivity contribution is 5.60. The van der Waals surface area contributed by atoms with Gasteiger partial charge in [-0.2, -0.15) is 5.26 Å². The van der Waals surface area contributed by atoms with Crippen LogP contribution in [0.2, 0.25) is 0 Å². The van der Waals surface area contributed by atoms with Crippen molar-refractivity contribution in [2.45, 2.75) is 6.43 Å². The minimum absolute atomic E-state index is 0.0700. The number of nitrogen functional groups attached to an aromatic ring is 2. The lowest BCUT2D eigenvalue weighted by molar-refractivity contribution is 0.153. The molecule has 0 atom stereocenters. The molecule has 6 heteroatoms. The maximum Gasteiger partial charge on any atom is 0.269 e. The molecule has 1 heterocycles. The smallest absolute Gasteiger partial charge is 0.269 e. The molecule has 4 N–H and O–H groups in total. The molecule has 0 amide bonds. The molecule has 0 saturated carbocycles. The monoisotopic (exact) mass is 184 g/mol. The number of hydrogen-bond acceptors (Lipinski definition) is 4. The summed E-state index contributed by atoms with van der Waals surface area (Å²) in [4.78, 5) is 3.43. The van der Waals surface area contributed by atoms with E-state index in [-0.39, 0.29) is 11.4 Å². The molecule has 0 aromatic carbocycles. The summed E-state index contributed by atoms with van der Waals surface area (Å²) in [5.41, 5.74) is 9.63. The van der Waals surface area contributed by atoms with Crippen LogP contribution in [0.4, 0.5) is 20.3 Å². The van der Waals surface area contributed by atoms with Gasteiger partial charge in [0.05, 0.1) is 5.56 Å². The second kappa shape index (κ2) is 3.23. The Labute approximate surface area is 72.8 Å². The maximum absolute atomic E-state index is 12.2. The number of halogens is 2. The molecular weight excluding hydrogens is 178 g/mol. The highest BCUT2D eigenvalue weighted by atomic mass is 19.3. The molecule has 0 spiro atoms. The van der Waals surface area contributed by atoms with Crippen LogP contribution in [0.15, 0.2) is 6.07 Å². The van der Waals surface area contributed by atoms with E-state index in [1.165, 1.54) is 0 Å². The van der Waals surface area contributed by atoms with Gasteiger partial charge < -0.3 is 11.5 Å². The molecule has 0 aliphatic carbocycles. The summed E-state index contributed by atoms with van der Waals surface area (Å²) >= 11 is 0. The van der Waals surface area contributed by atoms with Gasteiger partial charge >= 0.3 is 0 Å². The van der Waals surface area contributed by atoms with Crippen LogP contribution in [0.5, 0.6) is 0 Å². The lowest BCUT2D eigenvalue weighted by atomic mass is 10.2. The molecule has 0 saturated heterocycles. The van der Waals surface area contributed by atoms with E-state index in [9.17, 15) is 8.78 Å². The minimum atomic E-state index is -2.78. The van der Waals surface area contributed by atoms with Crippen LogP contribution < -0.4 is 11.5 Å². The van der Waals surface area contributed by atoms with Gasteiger partial charge in [-0.15, -0.1) is 0 Å². The molecule has 0 aliphatic rings. The Hall–Kier alpha value is -1.90. The van der Waals surface area contributed by atoms with Crippen molar-refractivity contribution in [1.82, 2.24) is 4.98 Å². The highest BCUT2D eigenvalue weighted by Gasteiger charge is 2.17. The van der Waals surface area contributed by atoms with Crippen LogP contribution in [0.25, 0.3) is 0 Å². The summed E-state index contributed by atoms with van der Waals surface area (Å²) in [6.07, 6.45) is -2.78. The fourth-order valence-electron chi connectivity index (χ4n) is 0.890. The number of nitrogens with zero attached hydrogens (tertiary/aromatic N) is 2. The average molecular weight is 184 g/mol. The molecule has 0 bridgehead atoms. The van der Waals surface area contributed by atoms with Gasteiger partial charge in [-0.25, -0.2) is 13.8 Å². The second-order valence-corrected chi connectivity index (χ2v) is 2.31. The third kappa shape index (κ3) is 1.64. The zero-order valence-electron chi connectivity index (χ0n) is 6.46. The van der Waals surface area contributed by atoms with E-state index in [1.807, 2.05) is 0 Å². The summed E-state index contributed by atoms with van der Waals surface area (Å²) in [6.45, 7) is 0. The lowest BCUT2D eigenvalue weighted by Gasteiger charge is -2.06. The first-order chi connectivity index (χ1) is 6.06. The van der Waals surface area contributed by atoms with Crippen molar-refractivity contribution < 1.29 is 8.78 Å². The number of pyridine rings is 1. The van der Waals surface area contributed by atoms with Crippen LogP contribution in [-0.4, -0.2) is 4.98 Å². The first-order valence-corrected chi connectivity index (χ1v) is 3.30. The molecular formula is C7H6F2N4. The number of anilines is 2. The van der Waals surface area contributed by atoms with E-state index in [0.717, 1.165) is 6.07 Å². The van der Waals surface area contributed by atoms with Gasteiger partial charge in [0.25, 0.3) is 6.43 Å². The van der Waals surface area contributed by atoms with E-state index in [4.69, 9.17) is 16.7 Å². The van der Waals surface area contributed by atoms with Crippen LogP contribution in [0.3, 0.4) is 0 Å². The molecule has 1 aromatic rings. The molecule has 0 radical (unpaired) electrons. The first kappa shape index (κ1) is 9.19. The fraction of sp³-hybridized carbons (Fsp3) is 0.143. The molecule has 0 fully saturated rings. The summed E-state index contributed by atoms with van der Waals surface area (Å²) in [7, 11) is 0. The Morgan fingerprint density at radius 1 is 1.46 bits per heavy atom. The molecule has 1 aromatic heterocycles. The third-order valence-corrected chi connectivity index (χ3v) is 1.45. The summed E-state index contributed by atoms with van der Waals surface area (Å²) < 4.78 is 24.5. The van der Waals surface area contributed by atoms with Gasteiger partial charge in [0.15, 0.2) is 0 Å². The van der Waals surface area contributed by atoms with Crippen LogP contribution in [0, 0.1) is 11.3 Å². The number of alkyl halides is 2. The molecule has 1 rings (SSSR count).